The summed E-state index contributed by atoms with van der Waals surface area (Å²) in [7, 11) is 0. The fourth-order valence-electron chi connectivity index (χ4n) is 5.02. The first-order chi connectivity index (χ1) is 16.0. The lowest BCUT2D eigenvalue weighted by Crippen LogP contribution is -2.48. The van der Waals surface area contributed by atoms with Gasteiger partial charge in [0.15, 0.2) is 0 Å². The number of carbonyl (C=O) groups is 1. The van der Waals surface area contributed by atoms with E-state index in [1.54, 1.807) is 12.3 Å². The number of hydrogen-bond donors (Lipinski definition) is 2. The minimum atomic E-state index is -0.930. The molecule has 3 aromatic heterocycles. The molecule has 1 saturated heterocycles. The van der Waals surface area contributed by atoms with Gasteiger partial charge in [0.1, 0.15) is 17.2 Å². The van der Waals surface area contributed by atoms with Gasteiger partial charge in [0.05, 0.1) is 11.9 Å². The van der Waals surface area contributed by atoms with Gasteiger partial charge in [-0.3, -0.25) is 4.90 Å². The Bertz CT molecular complexity index is 1130. The topological polar surface area (TPSA) is 99.4 Å². The lowest BCUT2D eigenvalue weighted by Gasteiger charge is -2.38. The minimum Gasteiger partial charge on any atom is -0.477 e. The van der Waals surface area contributed by atoms with Crippen molar-refractivity contribution in [2.45, 2.75) is 51.6 Å². The van der Waals surface area contributed by atoms with Crippen LogP contribution in [0.5, 0.6) is 0 Å². The normalized spacial score (nSPS) is 17.8. The second kappa shape index (κ2) is 8.97. The van der Waals surface area contributed by atoms with E-state index in [9.17, 15) is 9.90 Å². The average Bonchev–Trinajstić information content (AvgIpc) is 3.47. The fraction of sp³-hybridized carbons (Fsp3) is 0.500. The second-order valence-corrected chi connectivity index (χ2v) is 9.26. The van der Waals surface area contributed by atoms with Gasteiger partial charge in [0, 0.05) is 49.8 Å². The molecule has 2 N–H and O–H groups in total. The standard InChI is InChI=1S/C24H31N7O2/c1-16(2)29-9-11-30(12-10-29)19-7-8-21(25-15-19)27-24-26-14-17-13-20(23(32)33)31(22(17)28-24)18-5-3-4-6-18/h7-8,13-16,18H,3-6,9-12H2,1-2H3,(H,32,33)(H,25,26,27,28). The van der Waals surface area contributed by atoms with Crippen LogP contribution in [0.3, 0.4) is 0 Å². The molecule has 0 spiro atoms. The first kappa shape index (κ1) is 21.6. The largest absolute Gasteiger partial charge is 0.477 e. The molecule has 9 nitrogen and oxygen atoms in total. The van der Waals surface area contributed by atoms with Gasteiger partial charge >= 0.3 is 5.97 Å². The minimum absolute atomic E-state index is 0.171. The highest BCUT2D eigenvalue weighted by molar-refractivity contribution is 5.93. The molecular formula is C24H31N7O2. The number of piperazine rings is 1. The van der Waals surface area contributed by atoms with Gasteiger partial charge in [-0.05, 0) is 44.9 Å². The van der Waals surface area contributed by atoms with Gasteiger partial charge in [-0.15, -0.1) is 0 Å². The number of aromatic carboxylic acids is 1. The molecule has 1 saturated carbocycles. The molecule has 3 aromatic rings. The molecule has 0 unspecified atom stereocenters. The number of rotatable bonds is 6. The third kappa shape index (κ3) is 4.37. The van der Waals surface area contributed by atoms with Gasteiger partial charge in [-0.25, -0.2) is 14.8 Å². The highest BCUT2D eigenvalue weighted by Gasteiger charge is 2.25. The van der Waals surface area contributed by atoms with Crippen LogP contribution in [0.25, 0.3) is 11.0 Å². The summed E-state index contributed by atoms with van der Waals surface area (Å²) < 4.78 is 1.88. The highest BCUT2D eigenvalue weighted by atomic mass is 16.4. The molecule has 2 aliphatic rings. The molecule has 2 fully saturated rings. The smallest absolute Gasteiger partial charge is 0.352 e. The molecular weight excluding hydrogens is 418 g/mol. The molecule has 0 atom stereocenters. The summed E-state index contributed by atoms with van der Waals surface area (Å²) in [4.78, 5) is 30.3. The zero-order valence-electron chi connectivity index (χ0n) is 19.2. The van der Waals surface area contributed by atoms with Crippen molar-refractivity contribution >= 4 is 34.5 Å². The Labute approximate surface area is 193 Å². The molecule has 0 bridgehead atoms. The van der Waals surface area contributed by atoms with Crippen molar-refractivity contribution < 1.29 is 9.90 Å². The van der Waals surface area contributed by atoms with Gasteiger partial charge in [-0.1, -0.05) is 12.8 Å². The van der Waals surface area contributed by atoms with E-state index < -0.39 is 5.97 Å². The lowest BCUT2D eigenvalue weighted by molar-refractivity contribution is 0.0683. The van der Waals surface area contributed by atoms with Gasteiger partial charge in [0.25, 0.3) is 0 Å². The van der Waals surface area contributed by atoms with Crippen molar-refractivity contribution in [2.75, 3.05) is 36.4 Å². The quantitative estimate of drug-likeness (QED) is 0.584. The van der Waals surface area contributed by atoms with Crippen LogP contribution in [0.2, 0.25) is 0 Å². The Morgan fingerprint density at radius 3 is 2.48 bits per heavy atom. The van der Waals surface area contributed by atoms with E-state index in [0.717, 1.165) is 62.9 Å². The maximum Gasteiger partial charge on any atom is 0.352 e. The first-order valence-electron chi connectivity index (χ1n) is 11.8. The summed E-state index contributed by atoms with van der Waals surface area (Å²) in [5.74, 6) is 0.153. The summed E-state index contributed by atoms with van der Waals surface area (Å²) in [5.41, 5.74) is 2.06. The zero-order chi connectivity index (χ0) is 22.9. The number of fused-ring (bicyclic) bond motifs is 1. The number of pyridine rings is 1. The molecule has 0 aromatic carbocycles. The van der Waals surface area contributed by atoms with Crippen molar-refractivity contribution in [2.24, 2.45) is 0 Å². The average molecular weight is 450 g/mol. The third-order valence-corrected chi connectivity index (χ3v) is 6.88. The van der Waals surface area contributed by atoms with Crippen molar-refractivity contribution in [1.82, 2.24) is 24.4 Å². The number of hydrogen-bond acceptors (Lipinski definition) is 7. The van der Waals surface area contributed by atoms with Crippen molar-refractivity contribution in [1.29, 1.82) is 0 Å². The molecule has 1 aliphatic carbocycles. The molecule has 0 amide bonds. The first-order valence-corrected chi connectivity index (χ1v) is 11.8. The van der Waals surface area contributed by atoms with Gasteiger partial charge < -0.3 is 19.9 Å². The Morgan fingerprint density at radius 1 is 1.09 bits per heavy atom. The summed E-state index contributed by atoms with van der Waals surface area (Å²) in [6, 6.07) is 6.44. The van der Waals surface area contributed by atoms with Crippen LogP contribution in [-0.4, -0.2) is 67.7 Å². The molecule has 5 rings (SSSR count). The van der Waals surface area contributed by atoms with Crippen molar-refractivity contribution in [3.63, 3.8) is 0 Å². The molecule has 174 valence electrons. The van der Waals surface area contributed by atoms with Gasteiger partial charge in [0.2, 0.25) is 5.95 Å². The lowest BCUT2D eigenvalue weighted by atomic mass is 10.2. The van der Waals surface area contributed by atoms with E-state index in [0.29, 0.717) is 23.5 Å². The zero-order valence-corrected chi connectivity index (χ0v) is 19.2. The van der Waals surface area contributed by atoms with Crippen LogP contribution in [0, 0.1) is 0 Å². The summed E-state index contributed by atoms with van der Waals surface area (Å²) in [5, 5.41) is 13.6. The van der Waals surface area contributed by atoms with E-state index in [1.165, 1.54) is 0 Å². The molecule has 1 aliphatic heterocycles. The Morgan fingerprint density at radius 2 is 1.85 bits per heavy atom. The van der Waals surface area contributed by atoms with Crippen LogP contribution in [0.1, 0.15) is 56.1 Å². The van der Waals surface area contributed by atoms with E-state index in [4.69, 9.17) is 0 Å². The number of aromatic nitrogens is 4. The van der Waals surface area contributed by atoms with E-state index >= 15 is 0 Å². The molecule has 33 heavy (non-hydrogen) atoms. The number of nitrogens with one attached hydrogen (secondary N) is 1. The molecule has 4 heterocycles. The Hall–Kier alpha value is -3.20. The summed E-state index contributed by atoms with van der Waals surface area (Å²) in [6.45, 7) is 8.59. The van der Waals surface area contributed by atoms with Crippen molar-refractivity contribution in [3.8, 4) is 0 Å². The second-order valence-electron chi connectivity index (χ2n) is 9.26. The summed E-state index contributed by atoms with van der Waals surface area (Å²) in [6.07, 6.45) is 7.75. The maximum absolute atomic E-state index is 11.8. The van der Waals surface area contributed by atoms with E-state index in [2.05, 4.69) is 50.0 Å². The Balaban J connectivity index is 1.34. The van der Waals surface area contributed by atoms with E-state index in [1.807, 2.05) is 16.8 Å². The van der Waals surface area contributed by atoms with Crippen LogP contribution in [-0.2, 0) is 0 Å². The van der Waals surface area contributed by atoms with Crippen LogP contribution in [0.4, 0.5) is 17.5 Å². The number of carboxylic acid groups (broad SMARTS) is 1. The SMILES string of the molecule is CC(C)N1CCN(c2ccc(Nc3ncc4cc(C(=O)O)n(C5CCCC5)c4n3)nc2)CC1. The van der Waals surface area contributed by atoms with Gasteiger partial charge in [-0.2, -0.15) is 4.98 Å². The fourth-order valence-corrected chi connectivity index (χ4v) is 5.02. The molecule has 0 radical (unpaired) electrons. The third-order valence-electron chi connectivity index (χ3n) is 6.88. The summed E-state index contributed by atoms with van der Waals surface area (Å²) >= 11 is 0. The predicted molar refractivity (Wildman–Crippen MR) is 128 cm³/mol. The van der Waals surface area contributed by atoms with Crippen LogP contribution < -0.4 is 10.2 Å². The van der Waals surface area contributed by atoms with Crippen LogP contribution >= 0.6 is 0 Å². The monoisotopic (exact) mass is 449 g/mol. The van der Waals surface area contributed by atoms with E-state index in [-0.39, 0.29) is 11.7 Å². The van der Waals surface area contributed by atoms with Crippen LogP contribution in [0.15, 0.2) is 30.6 Å². The predicted octanol–water partition coefficient (Wildman–Crippen LogP) is 3.91. The number of nitrogens with zero attached hydrogens (tertiary/aromatic N) is 6. The molecule has 9 heteroatoms. The Kier molecular flexibility index (Phi) is 5.88. The highest BCUT2D eigenvalue weighted by Crippen LogP contribution is 2.34. The van der Waals surface area contributed by atoms with Crippen molar-refractivity contribution in [3.05, 3.63) is 36.3 Å². The number of anilines is 3. The number of carboxylic acids is 1. The maximum atomic E-state index is 11.8.